The Morgan fingerprint density at radius 3 is 2.90 bits per heavy atom. The van der Waals surface area contributed by atoms with Gasteiger partial charge in [0, 0.05) is 36.0 Å². The molecule has 2 aliphatic rings. The van der Waals surface area contributed by atoms with Crippen molar-refractivity contribution >= 4 is 16.9 Å². The van der Waals surface area contributed by atoms with Gasteiger partial charge >= 0.3 is 5.63 Å². The van der Waals surface area contributed by atoms with Crippen molar-refractivity contribution in [2.45, 2.75) is 57.9 Å². The lowest BCUT2D eigenvalue weighted by molar-refractivity contribution is -0.121. The van der Waals surface area contributed by atoms with Crippen LogP contribution in [0.25, 0.3) is 11.0 Å². The number of carbonyl (C=O) groups excluding carboxylic acids is 1. The van der Waals surface area contributed by atoms with Gasteiger partial charge in [0.15, 0.2) is 0 Å². The molecule has 1 aromatic carbocycles. The predicted octanol–water partition coefficient (Wildman–Crippen LogP) is 3.42. The monoisotopic (exact) mass is 412 g/mol. The van der Waals surface area contributed by atoms with Crippen molar-refractivity contribution in [3.05, 3.63) is 39.7 Å². The molecule has 2 atom stereocenters. The standard InChI is InChI=1S/C24H32N2O4/c1-16-19-9-8-18(29-2)14-22(19)30-24(28)20(16)10-11-23(27)25-15-17-6-5-13-26-12-4-3-7-21(17)26/h8-9,14,17,21H,3-7,10-13,15H2,1-2H3,(H,25,27)/t17-,21+/m0/s1. The number of nitrogens with one attached hydrogen (secondary N) is 1. The molecule has 1 aromatic heterocycles. The molecular weight excluding hydrogens is 380 g/mol. The van der Waals surface area contributed by atoms with Gasteiger partial charge in [0.25, 0.3) is 0 Å². The van der Waals surface area contributed by atoms with Crippen molar-refractivity contribution in [1.82, 2.24) is 10.2 Å². The minimum Gasteiger partial charge on any atom is -0.497 e. The van der Waals surface area contributed by atoms with E-state index >= 15 is 0 Å². The van der Waals surface area contributed by atoms with Crippen molar-refractivity contribution in [2.24, 2.45) is 5.92 Å². The normalized spacial score (nSPS) is 21.9. The van der Waals surface area contributed by atoms with Gasteiger partial charge < -0.3 is 19.4 Å². The van der Waals surface area contributed by atoms with Crippen LogP contribution in [0.1, 0.15) is 49.7 Å². The molecule has 0 unspecified atom stereocenters. The molecule has 0 bridgehead atoms. The van der Waals surface area contributed by atoms with Crippen LogP contribution >= 0.6 is 0 Å². The Balaban J connectivity index is 1.36. The lowest BCUT2D eigenvalue weighted by Crippen LogP contribution is -2.51. The van der Waals surface area contributed by atoms with E-state index in [-0.39, 0.29) is 11.5 Å². The number of benzene rings is 1. The molecule has 2 fully saturated rings. The smallest absolute Gasteiger partial charge is 0.339 e. The largest absolute Gasteiger partial charge is 0.497 e. The number of piperidine rings is 2. The van der Waals surface area contributed by atoms with E-state index in [1.54, 1.807) is 13.2 Å². The molecule has 3 heterocycles. The SMILES string of the molecule is COc1ccc2c(C)c(CCC(=O)NC[C@@H]3CCCN4CCCC[C@H]34)c(=O)oc2c1. The summed E-state index contributed by atoms with van der Waals surface area (Å²) in [5, 5.41) is 4.01. The molecule has 2 aliphatic heterocycles. The average Bonchev–Trinajstić information content (AvgIpc) is 2.77. The fraction of sp³-hybridized carbons (Fsp3) is 0.583. The first-order chi connectivity index (χ1) is 14.6. The number of nitrogens with zero attached hydrogens (tertiary/aromatic N) is 1. The summed E-state index contributed by atoms with van der Waals surface area (Å²) >= 11 is 0. The number of ether oxygens (including phenoxy) is 1. The zero-order chi connectivity index (χ0) is 21.1. The van der Waals surface area contributed by atoms with E-state index < -0.39 is 0 Å². The first kappa shape index (κ1) is 20.9. The summed E-state index contributed by atoms with van der Waals surface area (Å²) in [5.74, 6) is 1.21. The Hall–Kier alpha value is -2.34. The van der Waals surface area contributed by atoms with Crippen LogP contribution < -0.4 is 15.7 Å². The van der Waals surface area contributed by atoms with Crippen LogP contribution in [0.2, 0.25) is 0 Å². The van der Waals surface area contributed by atoms with Gasteiger partial charge in [-0.3, -0.25) is 4.79 Å². The molecule has 30 heavy (non-hydrogen) atoms. The Labute approximate surface area is 177 Å². The molecule has 0 radical (unpaired) electrons. The third kappa shape index (κ3) is 4.38. The highest BCUT2D eigenvalue weighted by molar-refractivity contribution is 5.82. The van der Waals surface area contributed by atoms with E-state index in [0.29, 0.717) is 41.7 Å². The van der Waals surface area contributed by atoms with Gasteiger partial charge in [0.1, 0.15) is 11.3 Å². The summed E-state index contributed by atoms with van der Waals surface area (Å²) in [4.78, 5) is 27.6. The number of methoxy groups -OCH3 is 1. The third-order valence-corrected chi connectivity index (χ3v) is 6.89. The van der Waals surface area contributed by atoms with Crippen molar-refractivity contribution in [2.75, 3.05) is 26.7 Å². The Kier molecular flexibility index (Phi) is 6.42. The van der Waals surface area contributed by atoms with E-state index in [9.17, 15) is 9.59 Å². The molecule has 2 aromatic rings. The Bertz CT molecular complexity index is 966. The molecule has 6 heteroatoms. The quantitative estimate of drug-likeness (QED) is 0.736. The van der Waals surface area contributed by atoms with E-state index in [1.807, 2.05) is 19.1 Å². The summed E-state index contributed by atoms with van der Waals surface area (Å²) in [5.41, 5.74) is 1.60. The first-order valence-electron chi connectivity index (χ1n) is 11.2. The van der Waals surface area contributed by atoms with Crippen LogP contribution in [0.5, 0.6) is 5.75 Å². The predicted molar refractivity (Wildman–Crippen MR) is 117 cm³/mol. The molecule has 1 N–H and O–H groups in total. The van der Waals surface area contributed by atoms with Crippen LogP contribution in [-0.4, -0.2) is 43.6 Å². The van der Waals surface area contributed by atoms with E-state index in [0.717, 1.165) is 17.5 Å². The maximum atomic E-state index is 12.5. The number of amides is 1. The van der Waals surface area contributed by atoms with Crippen LogP contribution in [0.15, 0.2) is 27.4 Å². The summed E-state index contributed by atoms with van der Waals surface area (Å²) in [6.07, 6.45) is 6.96. The van der Waals surface area contributed by atoms with Crippen molar-refractivity contribution < 1.29 is 13.9 Å². The fourth-order valence-electron chi connectivity index (χ4n) is 5.18. The number of rotatable bonds is 6. The summed E-state index contributed by atoms with van der Waals surface area (Å²) in [7, 11) is 1.58. The van der Waals surface area contributed by atoms with Crippen LogP contribution in [0, 0.1) is 12.8 Å². The third-order valence-electron chi connectivity index (χ3n) is 6.89. The molecule has 6 nitrogen and oxygen atoms in total. The molecule has 0 saturated carbocycles. The number of aryl methyl sites for hydroxylation is 1. The molecular formula is C24H32N2O4. The highest BCUT2D eigenvalue weighted by Crippen LogP contribution is 2.30. The summed E-state index contributed by atoms with van der Waals surface area (Å²) < 4.78 is 10.7. The van der Waals surface area contributed by atoms with Crippen LogP contribution in [0.3, 0.4) is 0 Å². The molecule has 4 rings (SSSR count). The van der Waals surface area contributed by atoms with Gasteiger partial charge in [0.2, 0.25) is 5.91 Å². The molecule has 1 amide bonds. The Morgan fingerprint density at radius 2 is 2.07 bits per heavy atom. The van der Waals surface area contributed by atoms with Gasteiger partial charge in [-0.2, -0.15) is 0 Å². The molecule has 162 valence electrons. The van der Waals surface area contributed by atoms with E-state index in [1.165, 1.54) is 45.2 Å². The zero-order valence-corrected chi connectivity index (χ0v) is 18.0. The number of hydrogen-bond acceptors (Lipinski definition) is 5. The second-order valence-electron chi connectivity index (χ2n) is 8.66. The fourth-order valence-corrected chi connectivity index (χ4v) is 5.18. The van der Waals surface area contributed by atoms with Crippen LogP contribution in [-0.2, 0) is 11.2 Å². The van der Waals surface area contributed by atoms with Crippen LogP contribution in [0.4, 0.5) is 0 Å². The molecule has 0 spiro atoms. The first-order valence-corrected chi connectivity index (χ1v) is 11.2. The van der Waals surface area contributed by atoms with E-state index in [2.05, 4.69) is 10.2 Å². The zero-order valence-electron chi connectivity index (χ0n) is 18.0. The lowest BCUT2D eigenvalue weighted by Gasteiger charge is -2.44. The van der Waals surface area contributed by atoms with Gasteiger partial charge in [0.05, 0.1) is 7.11 Å². The van der Waals surface area contributed by atoms with Gasteiger partial charge in [-0.05, 0) is 75.7 Å². The minimum atomic E-state index is -0.369. The molecule has 2 saturated heterocycles. The van der Waals surface area contributed by atoms with Crippen molar-refractivity contribution in [1.29, 1.82) is 0 Å². The van der Waals surface area contributed by atoms with Crippen molar-refractivity contribution in [3.63, 3.8) is 0 Å². The van der Waals surface area contributed by atoms with Gasteiger partial charge in [-0.1, -0.05) is 6.42 Å². The van der Waals surface area contributed by atoms with Crippen molar-refractivity contribution in [3.8, 4) is 5.75 Å². The Morgan fingerprint density at radius 1 is 1.23 bits per heavy atom. The molecule has 0 aliphatic carbocycles. The second kappa shape index (κ2) is 9.21. The number of hydrogen-bond donors (Lipinski definition) is 1. The maximum absolute atomic E-state index is 12.5. The van der Waals surface area contributed by atoms with Gasteiger partial charge in [-0.25, -0.2) is 4.79 Å². The van der Waals surface area contributed by atoms with E-state index in [4.69, 9.17) is 9.15 Å². The maximum Gasteiger partial charge on any atom is 0.339 e. The summed E-state index contributed by atoms with van der Waals surface area (Å²) in [6, 6.07) is 6.10. The number of carbonyl (C=O) groups is 1. The minimum absolute atomic E-state index is 0.0107. The highest BCUT2D eigenvalue weighted by atomic mass is 16.5. The summed E-state index contributed by atoms with van der Waals surface area (Å²) in [6.45, 7) is 5.07. The topological polar surface area (TPSA) is 71.8 Å². The second-order valence-corrected chi connectivity index (χ2v) is 8.66. The number of fused-ring (bicyclic) bond motifs is 2. The lowest BCUT2D eigenvalue weighted by atomic mass is 9.83. The highest BCUT2D eigenvalue weighted by Gasteiger charge is 2.32. The average molecular weight is 413 g/mol. The van der Waals surface area contributed by atoms with Gasteiger partial charge in [-0.15, -0.1) is 0 Å².